The highest BCUT2D eigenvalue weighted by molar-refractivity contribution is 4.56. The van der Waals surface area contributed by atoms with Crippen molar-refractivity contribution in [1.82, 2.24) is 0 Å². The monoisotopic (exact) mass is 132 g/mol. The van der Waals surface area contributed by atoms with Crippen LogP contribution in [0.25, 0.3) is 0 Å². The van der Waals surface area contributed by atoms with Gasteiger partial charge in [-0.25, -0.2) is 0 Å². The predicted molar refractivity (Wildman–Crippen MR) is 37.1 cm³/mol. The average Bonchev–Trinajstić information content (AvgIpc) is 1.87. The van der Waals surface area contributed by atoms with Crippen LogP contribution in [0.2, 0.25) is 0 Å². The van der Waals surface area contributed by atoms with Crippen LogP contribution < -0.4 is 0 Å². The minimum atomic E-state index is 0.227. The first-order valence-corrected chi connectivity index (χ1v) is 3.42. The van der Waals surface area contributed by atoms with Crippen LogP contribution in [0.4, 0.5) is 0 Å². The van der Waals surface area contributed by atoms with Gasteiger partial charge in [0.2, 0.25) is 0 Å². The number of hydrogen-bond acceptors (Lipinski definition) is 2. The summed E-state index contributed by atoms with van der Waals surface area (Å²) in [5.41, 5.74) is 0. The zero-order valence-corrected chi connectivity index (χ0v) is 6.17. The Morgan fingerprint density at radius 1 is 1.00 bits per heavy atom. The van der Waals surface area contributed by atoms with Gasteiger partial charge in [-0.05, 0) is 18.3 Å². The van der Waals surface area contributed by atoms with Crippen LogP contribution >= 0.6 is 0 Å². The van der Waals surface area contributed by atoms with Gasteiger partial charge in [0.1, 0.15) is 0 Å². The van der Waals surface area contributed by atoms with Crippen molar-refractivity contribution in [3.8, 4) is 0 Å². The van der Waals surface area contributed by atoms with E-state index in [0.29, 0.717) is 11.8 Å². The van der Waals surface area contributed by atoms with Crippen molar-refractivity contribution < 1.29 is 10.2 Å². The molecule has 0 rings (SSSR count). The molecule has 0 aliphatic rings. The molecule has 2 atom stereocenters. The summed E-state index contributed by atoms with van der Waals surface area (Å²) >= 11 is 0. The summed E-state index contributed by atoms with van der Waals surface area (Å²) in [4.78, 5) is 0. The molecule has 0 saturated carbocycles. The Labute approximate surface area is 56.5 Å². The molecule has 0 heterocycles. The van der Waals surface area contributed by atoms with Crippen LogP contribution in [-0.4, -0.2) is 23.4 Å². The fraction of sp³-hybridized carbons (Fsp3) is 1.00. The minimum absolute atomic E-state index is 0.227. The fourth-order valence-corrected chi connectivity index (χ4v) is 0.836. The SMILES string of the molecule is C[C@H](CO)C[C@@H](C)CO. The van der Waals surface area contributed by atoms with Gasteiger partial charge < -0.3 is 10.2 Å². The van der Waals surface area contributed by atoms with Gasteiger partial charge in [-0.3, -0.25) is 0 Å². The van der Waals surface area contributed by atoms with Crippen molar-refractivity contribution in [2.24, 2.45) is 11.8 Å². The van der Waals surface area contributed by atoms with Gasteiger partial charge >= 0.3 is 0 Å². The van der Waals surface area contributed by atoms with Crippen LogP contribution in [0, 0.1) is 11.8 Å². The predicted octanol–water partition coefficient (Wildman–Crippen LogP) is 0.633. The molecule has 2 nitrogen and oxygen atoms in total. The van der Waals surface area contributed by atoms with Gasteiger partial charge in [-0.1, -0.05) is 13.8 Å². The number of hydrogen-bond donors (Lipinski definition) is 2. The summed E-state index contributed by atoms with van der Waals surface area (Å²) in [6.45, 7) is 4.41. The Kier molecular flexibility index (Phi) is 4.72. The number of aliphatic hydroxyl groups excluding tert-OH is 2. The van der Waals surface area contributed by atoms with E-state index in [1.54, 1.807) is 0 Å². The van der Waals surface area contributed by atoms with Gasteiger partial charge in [0.25, 0.3) is 0 Å². The fourth-order valence-electron chi connectivity index (χ4n) is 0.836. The second-order valence-electron chi connectivity index (χ2n) is 2.81. The van der Waals surface area contributed by atoms with Crippen molar-refractivity contribution >= 4 is 0 Å². The molecule has 0 saturated heterocycles. The third-order valence-electron chi connectivity index (χ3n) is 1.43. The largest absolute Gasteiger partial charge is 0.396 e. The number of aliphatic hydroxyl groups is 2. The molecule has 2 heteroatoms. The molecule has 0 spiro atoms. The standard InChI is InChI=1S/C7H16O2/c1-6(4-8)3-7(2)5-9/h6-9H,3-5H2,1-2H3/t6-,7+. The average molecular weight is 132 g/mol. The van der Waals surface area contributed by atoms with Gasteiger partial charge in [-0.15, -0.1) is 0 Å². The molecule has 0 aliphatic heterocycles. The van der Waals surface area contributed by atoms with Crippen LogP contribution in [0.15, 0.2) is 0 Å². The molecular formula is C7H16O2. The van der Waals surface area contributed by atoms with Crippen LogP contribution in [0.1, 0.15) is 20.3 Å². The highest BCUT2D eigenvalue weighted by atomic mass is 16.3. The molecular weight excluding hydrogens is 116 g/mol. The molecule has 0 bridgehead atoms. The van der Waals surface area contributed by atoms with E-state index in [-0.39, 0.29) is 13.2 Å². The van der Waals surface area contributed by atoms with E-state index in [0.717, 1.165) is 6.42 Å². The van der Waals surface area contributed by atoms with E-state index in [1.165, 1.54) is 0 Å². The molecule has 0 aromatic carbocycles. The summed E-state index contributed by atoms with van der Waals surface area (Å²) in [6.07, 6.45) is 0.910. The van der Waals surface area contributed by atoms with Crippen LogP contribution in [0.5, 0.6) is 0 Å². The van der Waals surface area contributed by atoms with E-state index in [2.05, 4.69) is 0 Å². The third kappa shape index (κ3) is 4.43. The topological polar surface area (TPSA) is 40.5 Å². The Balaban J connectivity index is 3.22. The lowest BCUT2D eigenvalue weighted by atomic mass is 9.99. The van der Waals surface area contributed by atoms with Crippen molar-refractivity contribution in [3.63, 3.8) is 0 Å². The van der Waals surface area contributed by atoms with E-state index >= 15 is 0 Å². The first kappa shape index (κ1) is 8.92. The summed E-state index contributed by atoms with van der Waals surface area (Å²) in [7, 11) is 0. The van der Waals surface area contributed by atoms with Gasteiger partial charge in [0.05, 0.1) is 0 Å². The summed E-state index contributed by atoms with van der Waals surface area (Å²) in [6, 6.07) is 0. The molecule has 9 heavy (non-hydrogen) atoms. The molecule has 0 fully saturated rings. The molecule has 0 unspecified atom stereocenters. The summed E-state index contributed by atoms with van der Waals surface area (Å²) in [5.74, 6) is 0.652. The molecule has 2 N–H and O–H groups in total. The van der Waals surface area contributed by atoms with Gasteiger partial charge in [-0.2, -0.15) is 0 Å². The zero-order chi connectivity index (χ0) is 7.28. The molecule has 0 aromatic heterocycles. The van der Waals surface area contributed by atoms with E-state index in [1.807, 2.05) is 13.8 Å². The van der Waals surface area contributed by atoms with Crippen molar-refractivity contribution in [2.45, 2.75) is 20.3 Å². The Bertz CT molecular complexity index is 55.9. The van der Waals surface area contributed by atoms with Crippen molar-refractivity contribution in [1.29, 1.82) is 0 Å². The molecule has 0 radical (unpaired) electrons. The quantitative estimate of drug-likeness (QED) is 0.589. The lowest BCUT2D eigenvalue weighted by Gasteiger charge is -2.11. The van der Waals surface area contributed by atoms with E-state index in [4.69, 9.17) is 10.2 Å². The maximum atomic E-state index is 8.60. The summed E-state index contributed by atoms with van der Waals surface area (Å²) in [5, 5.41) is 17.2. The smallest absolute Gasteiger partial charge is 0.0456 e. The highest BCUT2D eigenvalue weighted by Gasteiger charge is 2.05. The first-order chi connectivity index (χ1) is 4.20. The maximum Gasteiger partial charge on any atom is 0.0456 e. The Morgan fingerprint density at radius 2 is 1.33 bits per heavy atom. The number of rotatable bonds is 4. The second-order valence-corrected chi connectivity index (χ2v) is 2.81. The molecule has 0 aromatic rings. The molecule has 0 aliphatic carbocycles. The first-order valence-electron chi connectivity index (χ1n) is 3.42. The second kappa shape index (κ2) is 4.77. The lowest BCUT2D eigenvalue weighted by molar-refractivity contribution is 0.177. The molecule has 0 amide bonds. The Morgan fingerprint density at radius 3 is 1.56 bits per heavy atom. The van der Waals surface area contributed by atoms with Crippen molar-refractivity contribution in [2.75, 3.05) is 13.2 Å². The third-order valence-corrected chi connectivity index (χ3v) is 1.43. The van der Waals surface area contributed by atoms with E-state index in [9.17, 15) is 0 Å². The summed E-state index contributed by atoms with van der Waals surface area (Å²) < 4.78 is 0. The lowest BCUT2D eigenvalue weighted by Crippen LogP contribution is -2.09. The van der Waals surface area contributed by atoms with Crippen LogP contribution in [-0.2, 0) is 0 Å². The normalized spacial score (nSPS) is 17.3. The zero-order valence-electron chi connectivity index (χ0n) is 6.17. The minimum Gasteiger partial charge on any atom is -0.396 e. The highest BCUT2D eigenvalue weighted by Crippen LogP contribution is 2.09. The molecule has 56 valence electrons. The van der Waals surface area contributed by atoms with Gasteiger partial charge in [0.15, 0.2) is 0 Å². The van der Waals surface area contributed by atoms with E-state index < -0.39 is 0 Å². The Hall–Kier alpha value is -0.0800. The maximum absolute atomic E-state index is 8.60. The van der Waals surface area contributed by atoms with Crippen LogP contribution in [0.3, 0.4) is 0 Å². The van der Waals surface area contributed by atoms with Crippen molar-refractivity contribution in [3.05, 3.63) is 0 Å². The van der Waals surface area contributed by atoms with Gasteiger partial charge in [0, 0.05) is 13.2 Å².